The van der Waals surface area contributed by atoms with Gasteiger partial charge in [-0.25, -0.2) is 4.79 Å². The van der Waals surface area contributed by atoms with Crippen molar-refractivity contribution in [1.82, 2.24) is 4.90 Å². The summed E-state index contributed by atoms with van der Waals surface area (Å²) < 4.78 is 27.1. The summed E-state index contributed by atoms with van der Waals surface area (Å²) in [5, 5.41) is 9.56. The second-order valence-electron chi connectivity index (χ2n) is 10.9. The highest BCUT2D eigenvalue weighted by Crippen LogP contribution is 2.47. The first-order valence-electron chi connectivity index (χ1n) is 13.5. The standard InChI is InChI=1S/C29H39FN2O5Si/c1-21-25(13-12-22-10-7-11-24(18-22)32-15-17-36-29(32)35)37-26(28(21)38(2,3)30)19-27(34)31(14-16-33)20-23-8-5-4-6-9-23/h4-11,18,21,25-26,28,33H,12-17,19-20H2,1-3H3/t21-,25+,26-,28+/m1/s1. The molecule has 0 bridgehead atoms. The Bertz CT molecular complexity index is 1100. The molecule has 206 valence electrons. The normalized spacial score (nSPS) is 23.5. The zero-order valence-corrected chi connectivity index (χ0v) is 23.5. The Kier molecular flexibility index (Phi) is 9.22. The number of aryl methyl sites for hydroxylation is 1. The lowest BCUT2D eigenvalue weighted by Gasteiger charge is -2.30. The van der Waals surface area contributed by atoms with Gasteiger partial charge in [0.25, 0.3) is 0 Å². The van der Waals surface area contributed by atoms with Crippen LogP contribution in [0.2, 0.25) is 18.6 Å². The van der Waals surface area contributed by atoms with Gasteiger partial charge < -0.3 is 23.6 Å². The zero-order valence-electron chi connectivity index (χ0n) is 22.5. The third kappa shape index (κ3) is 6.81. The number of aliphatic hydroxyl groups excluding tert-OH is 1. The summed E-state index contributed by atoms with van der Waals surface area (Å²) in [5.41, 5.74) is 2.57. The molecule has 2 aliphatic rings. The van der Waals surface area contributed by atoms with Crippen molar-refractivity contribution in [2.24, 2.45) is 5.92 Å². The molecule has 4 rings (SSSR count). The number of aliphatic hydroxyl groups is 1. The number of rotatable bonds is 11. The molecule has 38 heavy (non-hydrogen) atoms. The van der Waals surface area contributed by atoms with Crippen molar-refractivity contribution in [3.05, 3.63) is 65.7 Å². The summed E-state index contributed by atoms with van der Waals surface area (Å²) in [6.45, 7) is 6.86. The minimum atomic E-state index is -3.13. The van der Waals surface area contributed by atoms with E-state index in [-0.39, 0.29) is 49.1 Å². The molecule has 2 heterocycles. The molecule has 1 N–H and O–H groups in total. The molecule has 9 heteroatoms. The van der Waals surface area contributed by atoms with Crippen LogP contribution in [0.15, 0.2) is 54.6 Å². The number of nitrogens with zero attached hydrogens (tertiary/aromatic N) is 2. The molecule has 0 aromatic heterocycles. The van der Waals surface area contributed by atoms with Gasteiger partial charge in [-0.15, -0.1) is 0 Å². The molecule has 0 unspecified atom stereocenters. The molecule has 2 amide bonds. The van der Waals surface area contributed by atoms with Gasteiger partial charge in [0.1, 0.15) is 6.61 Å². The number of anilines is 1. The topological polar surface area (TPSA) is 79.3 Å². The monoisotopic (exact) mass is 542 g/mol. The highest BCUT2D eigenvalue weighted by Gasteiger charge is 2.51. The predicted molar refractivity (Wildman–Crippen MR) is 147 cm³/mol. The van der Waals surface area contributed by atoms with Gasteiger partial charge in [0.15, 0.2) is 0 Å². The van der Waals surface area contributed by atoms with Crippen LogP contribution in [-0.2, 0) is 27.2 Å². The van der Waals surface area contributed by atoms with Crippen LogP contribution in [-0.4, -0.2) is 68.9 Å². The van der Waals surface area contributed by atoms with Gasteiger partial charge in [0.2, 0.25) is 14.3 Å². The van der Waals surface area contributed by atoms with E-state index in [1.807, 2.05) is 61.5 Å². The summed E-state index contributed by atoms with van der Waals surface area (Å²) in [7, 11) is -3.13. The fourth-order valence-electron chi connectivity index (χ4n) is 5.91. The van der Waals surface area contributed by atoms with Crippen LogP contribution in [0.1, 0.15) is 30.9 Å². The average Bonchev–Trinajstić information content (AvgIpc) is 3.45. The fourth-order valence-corrected chi connectivity index (χ4v) is 8.46. The number of amides is 2. The summed E-state index contributed by atoms with van der Waals surface area (Å²) >= 11 is 0. The van der Waals surface area contributed by atoms with Crippen molar-refractivity contribution in [1.29, 1.82) is 0 Å². The van der Waals surface area contributed by atoms with Gasteiger partial charge in [-0.2, -0.15) is 0 Å². The van der Waals surface area contributed by atoms with Gasteiger partial charge in [-0.1, -0.05) is 49.4 Å². The largest absolute Gasteiger partial charge is 0.447 e. The summed E-state index contributed by atoms with van der Waals surface area (Å²) in [4.78, 5) is 28.5. The van der Waals surface area contributed by atoms with E-state index in [0.29, 0.717) is 26.1 Å². The highest BCUT2D eigenvalue weighted by atomic mass is 28.4. The molecule has 0 aliphatic carbocycles. The van der Waals surface area contributed by atoms with Crippen molar-refractivity contribution in [2.45, 2.75) is 63.6 Å². The Labute approximate surface area is 225 Å². The van der Waals surface area contributed by atoms with Crippen molar-refractivity contribution in [3.63, 3.8) is 0 Å². The number of cyclic esters (lactones) is 1. The Hall–Kier alpha value is -2.75. The van der Waals surface area contributed by atoms with Gasteiger partial charge in [0, 0.05) is 24.3 Å². The number of ether oxygens (including phenoxy) is 2. The molecule has 2 fully saturated rings. The molecule has 2 aromatic carbocycles. The number of carbonyl (C=O) groups is 2. The van der Waals surface area contributed by atoms with E-state index in [9.17, 15) is 14.7 Å². The first-order valence-corrected chi connectivity index (χ1v) is 16.4. The first kappa shape index (κ1) is 28.3. The number of hydrogen-bond acceptors (Lipinski definition) is 5. The quantitative estimate of drug-likeness (QED) is 0.322. The average molecular weight is 543 g/mol. The third-order valence-electron chi connectivity index (χ3n) is 7.71. The van der Waals surface area contributed by atoms with Crippen molar-refractivity contribution in [3.8, 4) is 0 Å². The first-order chi connectivity index (χ1) is 18.2. The molecular weight excluding hydrogens is 503 g/mol. The molecule has 2 aromatic rings. The predicted octanol–water partition coefficient (Wildman–Crippen LogP) is 4.94. The van der Waals surface area contributed by atoms with Crippen LogP contribution in [0.25, 0.3) is 0 Å². The van der Waals surface area contributed by atoms with E-state index < -0.39 is 14.5 Å². The van der Waals surface area contributed by atoms with E-state index >= 15 is 4.11 Å². The van der Waals surface area contributed by atoms with E-state index in [1.165, 1.54) is 0 Å². The van der Waals surface area contributed by atoms with Gasteiger partial charge in [-0.3, -0.25) is 9.69 Å². The zero-order chi connectivity index (χ0) is 27.3. The summed E-state index contributed by atoms with van der Waals surface area (Å²) in [5.74, 6) is -0.147. The Morgan fingerprint density at radius 1 is 1.13 bits per heavy atom. The lowest BCUT2D eigenvalue weighted by Crippen LogP contribution is -2.40. The molecule has 0 saturated carbocycles. The van der Waals surface area contributed by atoms with Crippen LogP contribution in [0.3, 0.4) is 0 Å². The second-order valence-corrected chi connectivity index (χ2v) is 14.7. The fraction of sp³-hybridized carbons (Fsp3) is 0.517. The van der Waals surface area contributed by atoms with Crippen LogP contribution >= 0.6 is 0 Å². The Morgan fingerprint density at radius 3 is 2.53 bits per heavy atom. The number of hydrogen-bond donors (Lipinski definition) is 1. The smallest absolute Gasteiger partial charge is 0.414 e. The Balaban J connectivity index is 1.42. The SMILES string of the molecule is C[C@H]1[C@H]([Si](C)(C)F)[C@@H](CC(=O)N(CCO)Cc2ccccc2)O[C@H]1CCc1cccc(N2CCOC2=O)c1. The molecular formula is C29H39FN2O5Si. The third-order valence-corrected chi connectivity index (χ3v) is 10.2. The van der Waals surface area contributed by atoms with E-state index in [0.717, 1.165) is 23.2 Å². The van der Waals surface area contributed by atoms with Crippen molar-refractivity contribution < 1.29 is 28.3 Å². The number of benzene rings is 2. The molecule has 0 spiro atoms. The van der Waals surface area contributed by atoms with Gasteiger partial charge >= 0.3 is 6.09 Å². The van der Waals surface area contributed by atoms with Crippen LogP contribution < -0.4 is 4.90 Å². The van der Waals surface area contributed by atoms with E-state index in [1.54, 1.807) is 22.9 Å². The minimum Gasteiger partial charge on any atom is -0.447 e. The highest BCUT2D eigenvalue weighted by molar-refractivity contribution is 6.72. The maximum absolute atomic E-state index is 15.6. The Morgan fingerprint density at radius 2 is 1.87 bits per heavy atom. The van der Waals surface area contributed by atoms with Gasteiger partial charge in [0.05, 0.1) is 31.8 Å². The molecule has 2 saturated heterocycles. The summed E-state index contributed by atoms with van der Waals surface area (Å²) in [6, 6.07) is 17.5. The molecule has 2 aliphatic heterocycles. The lowest BCUT2D eigenvalue weighted by atomic mass is 9.95. The lowest BCUT2D eigenvalue weighted by molar-refractivity contribution is -0.135. The van der Waals surface area contributed by atoms with Crippen molar-refractivity contribution >= 4 is 26.1 Å². The van der Waals surface area contributed by atoms with Crippen LogP contribution in [0, 0.1) is 5.92 Å². The summed E-state index contributed by atoms with van der Waals surface area (Å²) in [6.07, 6.45) is 0.537. The van der Waals surface area contributed by atoms with Crippen LogP contribution in [0.4, 0.5) is 14.6 Å². The molecule has 7 nitrogen and oxygen atoms in total. The molecule has 4 atom stereocenters. The van der Waals surface area contributed by atoms with E-state index in [2.05, 4.69) is 0 Å². The minimum absolute atomic E-state index is 0.0170. The number of carbonyl (C=O) groups excluding carboxylic acids is 2. The van der Waals surface area contributed by atoms with Crippen LogP contribution in [0.5, 0.6) is 0 Å². The maximum Gasteiger partial charge on any atom is 0.414 e. The maximum atomic E-state index is 15.6. The molecule has 0 radical (unpaired) electrons. The number of halogens is 1. The second kappa shape index (κ2) is 12.4. The van der Waals surface area contributed by atoms with Gasteiger partial charge in [-0.05, 0) is 55.1 Å². The van der Waals surface area contributed by atoms with E-state index in [4.69, 9.17) is 9.47 Å². The van der Waals surface area contributed by atoms with Crippen molar-refractivity contribution in [2.75, 3.05) is 31.2 Å².